The molecular formula is C19H20N4O4. The predicted molar refractivity (Wildman–Crippen MR) is 94.7 cm³/mol. The Morgan fingerprint density at radius 2 is 2.04 bits per heavy atom. The fourth-order valence-electron chi connectivity index (χ4n) is 3.05. The van der Waals surface area contributed by atoms with Gasteiger partial charge in [0.2, 0.25) is 0 Å². The minimum atomic E-state index is -0.729. The van der Waals surface area contributed by atoms with Crippen LogP contribution < -0.4 is 5.32 Å². The van der Waals surface area contributed by atoms with Crippen molar-refractivity contribution in [1.29, 1.82) is 0 Å². The average molecular weight is 368 g/mol. The van der Waals surface area contributed by atoms with Gasteiger partial charge in [-0.15, -0.1) is 0 Å². The lowest BCUT2D eigenvalue weighted by Gasteiger charge is -2.33. The first-order valence-corrected chi connectivity index (χ1v) is 8.98. The van der Waals surface area contributed by atoms with Gasteiger partial charge in [0.1, 0.15) is 6.10 Å². The molecule has 140 valence electrons. The molecule has 2 aromatic heterocycles. The number of benzene rings is 1. The van der Waals surface area contributed by atoms with Gasteiger partial charge in [-0.05, 0) is 19.3 Å². The van der Waals surface area contributed by atoms with Crippen LogP contribution in [0.3, 0.4) is 0 Å². The second-order valence-electron chi connectivity index (χ2n) is 6.70. The molecule has 2 N–H and O–H groups in total. The van der Waals surface area contributed by atoms with Crippen LogP contribution in [0.4, 0.5) is 0 Å². The van der Waals surface area contributed by atoms with Crippen LogP contribution in [0.5, 0.6) is 0 Å². The van der Waals surface area contributed by atoms with Crippen LogP contribution >= 0.6 is 0 Å². The van der Waals surface area contributed by atoms with Gasteiger partial charge in [0.05, 0.1) is 0 Å². The number of rotatable bonds is 6. The fraction of sp³-hybridized carbons (Fsp3) is 0.368. The second-order valence-corrected chi connectivity index (χ2v) is 6.70. The van der Waals surface area contributed by atoms with E-state index in [9.17, 15) is 9.90 Å². The SMILES string of the molecule is CC[C@@H](O)c1nc([C@H]2C[C@@H](NC(=O)c3cc(-c4ccccc4)on3)C2)no1. The van der Waals surface area contributed by atoms with Crippen molar-refractivity contribution in [1.82, 2.24) is 20.6 Å². The maximum absolute atomic E-state index is 12.4. The highest BCUT2D eigenvalue weighted by Crippen LogP contribution is 2.36. The lowest BCUT2D eigenvalue weighted by atomic mass is 9.79. The van der Waals surface area contributed by atoms with Crippen molar-refractivity contribution in [3.63, 3.8) is 0 Å². The normalized spacial score (nSPS) is 20.1. The number of carbonyl (C=O) groups excluding carboxylic acids is 1. The van der Waals surface area contributed by atoms with Crippen LogP contribution in [0.1, 0.15) is 60.4 Å². The Bertz CT molecular complexity index is 915. The van der Waals surface area contributed by atoms with Gasteiger partial charge >= 0.3 is 0 Å². The van der Waals surface area contributed by atoms with Crippen LogP contribution in [0.25, 0.3) is 11.3 Å². The summed E-state index contributed by atoms with van der Waals surface area (Å²) < 4.78 is 10.3. The van der Waals surface area contributed by atoms with Crippen molar-refractivity contribution in [3.05, 3.63) is 53.8 Å². The Morgan fingerprint density at radius 3 is 2.78 bits per heavy atom. The third-order valence-electron chi connectivity index (χ3n) is 4.77. The van der Waals surface area contributed by atoms with E-state index in [4.69, 9.17) is 9.05 Å². The number of hydrogen-bond acceptors (Lipinski definition) is 7. The minimum absolute atomic E-state index is 0.0254. The molecule has 0 bridgehead atoms. The molecule has 1 fully saturated rings. The van der Waals surface area contributed by atoms with Gasteiger partial charge < -0.3 is 19.5 Å². The van der Waals surface area contributed by atoms with Crippen molar-refractivity contribution < 1.29 is 18.9 Å². The summed E-state index contributed by atoms with van der Waals surface area (Å²) in [5.41, 5.74) is 1.13. The minimum Gasteiger partial charge on any atom is -0.383 e. The van der Waals surface area contributed by atoms with Gasteiger partial charge in [-0.25, -0.2) is 0 Å². The molecule has 1 aromatic carbocycles. The van der Waals surface area contributed by atoms with E-state index in [0.717, 1.165) is 18.4 Å². The molecule has 1 aliphatic carbocycles. The van der Waals surface area contributed by atoms with Gasteiger partial charge in [0.15, 0.2) is 17.3 Å². The predicted octanol–water partition coefficient (Wildman–Crippen LogP) is 2.84. The molecular weight excluding hydrogens is 348 g/mol. The number of aliphatic hydroxyl groups excluding tert-OH is 1. The molecule has 1 saturated carbocycles. The second kappa shape index (κ2) is 7.32. The van der Waals surface area contributed by atoms with Gasteiger partial charge in [0, 0.05) is 23.6 Å². The maximum Gasteiger partial charge on any atom is 0.273 e. The highest BCUT2D eigenvalue weighted by Gasteiger charge is 2.35. The smallest absolute Gasteiger partial charge is 0.273 e. The van der Waals surface area contributed by atoms with E-state index < -0.39 is 6.10 Å². The lowest BCUT2D eigenvalue weighted by Crippen LogP contribution is -2.43. The van der Waals surface area contributed by atoms with Crippen molar-refractivity contribution in [3.8, 4) is 11.3 Å². The topological polar surface area (TPSA) is 114 Å². The number of amides is 1. The first-order valence-electron chi connectivity index (χ1n) is 8.98. The molecule has 1 amide bonds. The summed E-state index contributed by atoms with van der Waals surface area (Å²) in [4.78, 5) is 16.6. The number of aromatic nitrogens is 3. The average Bonchev–Trinajstić information content (AvgIpc) is 3.34. The molecule has 0 aliphatic heterocycles. The lowest BCUT2D eigenvalue weighted by molar-refractivity contribution is 0.0897. The summed E-state index contributed by atoms with van der Waals surface area (Å²) in [6.07, 6.45) is 1.23. The third kappa shape index (κ3) is 3.61. The largest absolute Gasteiger partial charge is 0.383 e. The number of nitrogens with zero attached hydrogens (tertiary/aromatic N) is 3. The molecule has 0 saturated heterocycles. The summed E-state index contributed by atoms with van der Waals surface area (Å²) in [5.74, 6) is 1.24. The van der Waals surface area contributed by atoms with Crippen LogP contribution in [0.2, 0.25) is 0 Å². The Kier molecular flexibility index (Phi) is 4.72. The third-order valence-corrected chi connectivity index (χ3v) is 4.77. The molecule has 3 aromatic rings. The zero-order valence-electron chi connectivity index (χ0n) is 14.8. The van der Waals surface area contributed by atoms with Crippen molar-refractivity contribution in [2.75, 3.05) is 0 Å². The van der Waals surface area contributed by atoms with E-state index >= 15 is 0 Å². The number of hydrogen-bond donors (Lipinski definition) is 2. The van der Waals surface area contributed by atoms with E-state index in [2.05, 4.69) is 20.6 Å². The Labute approximate surface area is 155 Å². The van der Waals surface area contributed by atoms with E-state index in [0.29, 0.717) is 18.0 Å². The van der Waals surface area contributed by atoms with Gasteiger partial charge in [-0.1, -0.05) is 47.6 Å². The van der Waals surface area contributed by atoms with E-state index in [1.807, 2.05) is 37.3 Å². The zero-order valence-corrected chi connectivity index (χ0v) is 14.8. The van der Waals surface area contributed by atoms with E-state index in [1.54, 1.807) is 6.07 Å². The quantitative estimate of drug-likeness (QED) is 0.687. The summed E-state index contributed by atoms with van der Waals surface area (Å²) in [6, 6.07) is 11.2. The highest BCUT2D eigenvalue weighted by atomic mass is 16.5. The molecule has 1 atom stereocenters. The van der Waals surface area contributed by atoms with Crippen LogP contribution in [-0.4, -0.2) is 32.4 Å². The van der Waals surface area contributed by atoms with E-state index in [-0.39, 0.29) is 29.5 Å². The highest BCUT2D eigenvalue weighted by molar-refractivity contribution is 5.93. The zero-order chi connectivity index (χ0) is 18.8. The molecule has 2 heterocycles. The molecule has 0 unspecified atom stereocenters. The molecule has 1 aliphatic rings. The van der Waals surface area contributed by atoms with Crippen LogP contribution in [0, 0.1) is 0 Å². The van der Waals surface area contributed by atoms with Crippen molar-refractivity contribution in [2.45, 2.75) is 44.2 Å². The number of aliphatic hydroxyl groups is 1. The molecule has 27 heavy (non-hydrogen) atoms. The van der Waals surface area contributed by atoms with E-state index in [1.165, 1.54) is 0 Å². The molecule has 8 nitrogen and oxygen atoms in total. The van der Waals surface area contributed by atoms with Crippen molar-refractivity contribution >= 4 is 5.91 Å². The van der Waals surface area contributed by atoms with Crippen LogP contribution in [0.15, 0.2) is 45.4 Å². The Balaban J connectivity index is 1.32. The van der Waals surface area contributed by atoms with Gasteiger partial charge in [0.25, 0.3) is 11.8 Å². The standard InChI is InChI=1S/C19H20N4O4/c1-2-15(24)19-21-17(23-27-19)12-8-13(9-12)20-18(25)14-10-16(26-22-14)11-6-4-3-5-7-11/h3-7,10,12-13,15,24H,2,8-9H2,1H3,(H,20,25)/t12-,13+,15-/m1/s1. The Hall–Kier alpha value is -3.00. The molecule has 0 radical (unpaired) electrons. The number of carbonyl (C=O) groups is 1. The molecule has 0 spiro atoms. The monoisotopic (exact) mass is 368 g/mol. The number of nitrogens with one attached hydrogen (secondary N) is 1. The van der Waals surface area contributed by atoms with Gasteiger partial charge in [-0.2, -0.15) is 4.98 Å². The Morgan fingerprint density at radius 1 is 1.26 bits per heavy atom. The summed E-state index contributed by atoms with van der Waals surface area (Å²) in [5, 5.41) is 20.5. The first-order chi connectivity index (χ1) is 13.1. The maximum atomic E-state index is 12.4. The fourth-order valence-corrected chi connectivity index (χ4v) is 3.05. The molecule has 8 heteroatoms. The van der Waals surface area contributed by atoms with Crippen LogP contribution in [-0.2, 0) is 0 Å². The van der Waals surface area contributed by atoms with Crippen molar-refractivity contribution in [2.24, 2.45) is 0 Å². The summed E-state index contributed by atoms with van der Waals surface area (Å²) >= 11 is 0. The van der Waals surface area contributed by atoms with Gasteiger partial charge in [-0.3, -0.25) is 4.79 Å². The molecule has 4 rings (SSSR count). The first kappa shape index (κ1) is 17.4. The summed E-state index contributed by atoms with van der Waals surface area (Å²) in [7, 11) is 0. The summed E-state index contributed by atoms with van der Waals surface area (Å²) in [6.45, 7) is 1.84.